The maximum absolute atomic E-state index is 12.8. The Hall–Kier alpha value is -2.58. The first kappa shape index (κ1) is 27.0. The lowest BCUT2D eigenvalue weighted by Crippen LogP contribution is -2.33. The van der Waals surface area contributed by atoms with Gasteiger partial charge in [-0.3, -0.25) is 9.69 Å². The van der Waals surface area contributed by atoms with Crippen molar-refractivity contribution in [2.24, 2.45) is 5.92 Å². The third kappa shape index (κ3) is 8.54. The number of likely N-dealkylation sites (tertiary alicyclic amines) is 1. The molecule has 7 nitrogen and oxygen atoms in total. The molecule has 1 unspecified atom stereocenters. The fraction of sp³-hybridized carbons (Fsp3) is 0.519. The van der Waals surface area contributed by atoms with Gasteiger partial charge in [0.15, 0.2) is 9.84 Å². The molecular formula is C27H37NO6S. The fourth-order valence-electron chi connectivity index (χ4n) is 4.24. The number of rotatable bonds is 13. The van der Waals surface area contributed by atoms with Crippen molar-refractivity contribution >= 4 is 15.8 Å². The Labute approximate surface area is 209 Å². The van der Waals surface area contributed by atoms with Crippen LogP contribution in [0.5, 0.6) is 11.5 Å². The molecule has 1 heterocycles. The number of methoxy groups -OCH3 is 1. The van der Waals surface area contributed by atoms with E-state index in [0.717, 1.165) is 30.9 Å². The van der Waals surface area contributed by atoms with E-state index in [1.807, 2.05) is 24.3 Å². The van der Waals surface area contributed by atoms with Crippen LogP contribution in [0.15, 0.2) is 53.4 Å². The molecule has 0 amide bonds. The summed E-state index contributed by atoms with van der Waals surface area (Å²) < 4.78 is 41.8. The quantitative estimate of drug-likeness (QED) is 0.380. The van der Waals surface area contributed by atoms with Crippen molar-refractivity contribution in [3.63, 3.8) is 0 Å². The number of carbonyl (C=O) groups excluding carboxylic acids is 1. The van der Waals surface area contributed by atoms with E-state index in [0.29, 0.717) is 18.8 Å². The maximum Gasteiger partial charge on any atom is 0.309 e. The molecule has 0 spiro atoms. The van der Waals surface area contributed by atoms with E-state index in [2.05, 4.69) is 4.90 Å². The molecule has 2 aromatic carbocycles. The summed E-state index contributed by atoms with van der Waals surface area (Å²) in [4.78, 5) is 15.2. The van der Waals surface area contributed by atoms with Gasteiger partial charge in [-0.05, 0) is 87.7 Å². The van der Waals surface area contributed by atoms with Crippen molar-refractivity contribution < 1.29 is 27.4 Å². The topological polar surface area (TPSA) is 82.1 Å². The van der Waals surface area contributed by atoms with Gasteiger partial charge in [-0.25, -0.2) is 8.42 Å². The summed E-state index contributed by atoms with van der Waals surface area (Å²) in [5, 5.41) is 0. The van der Waals surface area contributed by atoms with Crippen LogP contribution in [0.3, 0.4) is 0 Å². The highest BCUT2D eigenvalue weighted by molar-refractivity contribution is 7.91. The van der Waals surface area contributed by atoms with Crippen molar-refractivity contribution in [1.29, 1.82) is 0 Å². The molecule has 0 N–H and O–H groups in total. The van der Waals surface area contributed by atoms with Crippen LogP contribution in [0.2, 0.25) is 0 Å². The van der Waals surface area contributed by atoms with Gasteiger partial charge < -0.3 is 14.2 Å². The lowest BCUT2D eigenvalue weighted by Gasteiger charge is -2.26. The smallest absolute Gasteiger partial charge is 0.309 e. The molecule has 1 saturated heterocycles. The highest BCUT2D eigenvalue weighted by atomic mass is 32.2. The second-order valence-corrected chi connectivity index (χ2v) is 10.9. The Morgan fingerprint density at radius 2 is 1.63 bits per heavy atom. The highest BCUT2D eigenvalue weighted by Gasteiger charge is 2.24. The molecule has 0 saturated carbocycles. The summed E-state index contributed by atoms with van der Waals surface area (Å²) in [6.45, 7) is 5.87. The Kier molecular flexibility index (Phi) is 10.4. The number of benzene rings is 2. The largest absolute Gasteiger partial charge is 0.497 e. The zero-order chi connectivity index (χ0) is 25.1. The first-order valence-corrected chi connectivity index (χ1v) is 14.0. The fourth-order valence-corrected chi connectivity index (χ4v) is 5.62. The monoisotopic (exact) mass is 503 g/mol. The summed E-state index contributed by atoms with van der Waals surface area (Å²) in [5.41, 5.74) is 0.938. The van der Waals surface area contributed by atoms with Gasteiger partial charge in [0.1, 0.15) is 18.1 Å². The van der Waals surface area contributed by atoms with Crippen molar-refractivity contribution in [2.45, 2.75) is 43.9 Å². The van der Waals surface area contributed by atoms with Crippen LogP contribution in [0.1, 0.15) is 38.2 Å². The second-order valence-electron chi connectivity index (χ2n) is 8.83. The molecule has 0 bridgehead atoms. The van der Waals surface area contributed by atoms with Crippen molar-refractivity contribution in [3.05, 3.63) is 54.1 Å². The summed E-state index contributed by atoms with van der Waals surface area (Å²) in [6, 6.07) is 14.0. The molecule has 0 radical (unpaired) electrons. The van der Waals surface area contributed by atoms with Gasteiger partial charge in [-0.1, -0.05) is 18.6 Å². The average molecular weight is 504 g/mol. The minimum atomic E-state index is -3.53. The summed E-state index contributed by atoms with van der Waals surface area (Å²) in [6.07, 6.45) is 4.43. The molecule has 0 aliphatic carbocycles. The molecule has 192 valence electrons. The van der Waals surface area contributed by atoms with Gasteiger partial charge in [0.2, 0.25) is 0 Å². The molecule has 1 aliphatic rings. The predicted molar refractivity (Wildman–Crippen MR) is 136 cm³/mol. The molecular weight excluding hydrogens is 466 g/mol. The standard InChI is InChI=1S/C27H37NO6S/c1-3-33-27(29)23(15-20-35(30,31)26-13-11-24(32-2)12-14-26)21-22-7-9-25(10-8-22)34-19-18-28-16-5-4-6-17-28/h7-14,23H,3-6,15-21H2,1-2H3. The van der Waals surface area contributed by atoms with Crippen LogP contribution in [-0.2, 0) is 25.8 Å². The van der Waals surface area contributed by atoms with Crippen molar-refractivity contribution in [3.8, 4) is 11.5 Å². The normalized spacial score (nSPS) is 15.4. The predicted octanol–water partition coefficient (Wildman–Crippen LogP) is 4.15. The maximum atomic E-state index is 12.8. The van der Waals surface area contributed by atoms with Crippen LogP contribution in [0.25, 0.3) is 0 Å². The Morgan fingerprint density at radius 3 is 2.26 bits per heavy atom. The van der Waals surface area contributed by atoms with Crippen molar-refractivity contribution in [2.75, 3.05) is 45.7 Å². The van der Waals surface area contributed by atoms with E-state index in [4.69, 9.17) is 14.2 Å². The van der Waals surface area contributed by atoms with Gasteiger partial charge in [0.05, 0.1) is 30.3 Å². The minimum Gasteiger partial charge on any atom is -0.497 e. The number of ether oxygens (including phenoxy) is 3. The number of hydrogen-bond donors (Lipinski definition) is 0. The number of hydrogen-bond acceptors (Lipinski definition) is 7. The summed E-state index contributed by atoms with van der Waals surface area (Å²) >= 11 is 0. The molecule has 1 aliphatic heterocycles. The second kappa shape index (κ2) is 13.5. The average Bonchev–Trinajstić information content (AvgIpc) is 2.88. The van der Waals surface area contributed by atoms with Gasteiger partial charge >= 0.3 is 5.97 Å². The minimum absolute atomic E-state index is 0.138. The number of carbonyl (C=O) groups is 1. The first-order valence-electron chi connectivity index (χ1n) is 12.4. The zero-order valence-electron chi connectivity index (χ0n) is 20.8. The molecule has 0 aromatic heterocycles. The highest BCUT2D eigenvalue weighted by Crippen LogP contribution is 2.22. The van der Waals surface area contributed by atoms with E-state index >= 15 is 0 Å². The number of esters is 1. The molecule has 35 heavy (non-hydrogen) atoms. The van der Waals surface area contributed by atoms with Gasteiger partial charge in [0, 0.05) is 6.54 Å². The van der Waals surface area contributed by atoms with Crippen LogP contribution < -0.4 is 9.47 Å². The van der Waals surface area contributed by atoms with E-state index in [1.165, 1.54) is 38.5 Å². The van der Waals surface area contributed by atoms with E-state index < -0.39 is 15.8 Å². The van der Waals surface area contributed by atoms with E-state index in [1.54, 1.807) is 19.1 Å². The van der Waals surface area contributed by atoms with Crippen LogP contribution in [0, 0.1) is 5.92 Å². The lowest BCUT2D eigenvalue weighted by atomic mass is 9.97. The number of nitrogens with zero attached hydrogens (tertiary/aromatic N) is 1. The Balaban J connectivity index is 1.56. The summed E-state index contributed by atoms with van der Waals surface area (Å²) in [7, 11) is -2.01. The van der Waals surface area contributed by atoms with E-state index in [-0.39, 0.29) is 29.6 Å². The molecule has 3 rings (SSSR count). The molecule has 8 heteroatoms. The third-order valence-corrected chi connectivity index (χ3v) is 8.07. The zero-order valence-corrected chi connectivity index (χ0v) is 21.6. The van der Waals surface area contributed by atoms with Crippen LogP contribution in [-0.4, -0.2) is 65.0 Å². The van der Waals surface area contributed by atoms with Crippen LogP contribution >= 0.6 is 0 Å². The Bertz CT molecular complexity index is 1010. The molecule has 1 fully saturated rings. The van der Waals surface area contributed by atoms with Crippen LogP contribution in [0.4, 0.5) is 0 Å². The lowest BCUT2D eigenvalue weighted by molar-refractivity contribution is -0.148. The third-order valence-electron chi connectivity index (χ3n) is 6.30. The molecule has 1 atom stereocenters. The SMILES string of the molecule is CCOC(=O)C(CCS(=O)(=O)c1ccc(OC)cc1)Cc1ccc(OCCN2CCCCC2)cc1. The van der Waals surface area contributed by atoms with Gasteiger partial charge in [0.25, 0.3) is 0 Å². The van der Waals surface area contributed by atoms with Crippen molar-refractivity contribution in [1.82, 2.24) is 4.90 Å². The molecule has 2 aromatic rings. The number of piperidine rings is 1. The summed E-state index contributed by atoms with van der Waals surface area (Å²) in [5.74, 6) is 0.321. The number of sulfone groups is 1. The van der Waals surface area contributed by atoms with Gasteiger partial charge in [-0.15, -0.1) is 0 Å². The first-order chi connectivity index (χ1) is 16.9. The Morgan fingerprint density at radius 1 is 0.971 bits per heavy atom. The van der Waals surface area contributed by atoms with E-state index in [9.17, 15) is 13.2 Å². The van der Waals surface area contributed by atoms with Gasteiger partial charge in [-0.2, -0.15) is 0 Å².